The van der Waals surface area contributed by atoms with E-state index in [1.54, 1.807) is 12.1 Å². The molecule has 1 N–H and O–H groups in total. The summed E-state index contributed by atoms with van der Waals surface area (Å²) < 4.78 is 13.2. The maximum Gasteiger partial charge on any atom is 0.241 e. The lowest BCUT2D eigenvalue weighted by Crippen LogP contribution is -2.41. The zero-order chi connectivity index (χ0) is 15.0. The van der Waals surface area contributed by atoms with Crippen molar-refractivity contribution in [1.82, 2.24) is 10.2 Å². The van der Waals surface area contributed by atoms with Crippen molar-refractivity contribution >= 4 is 5.91 Å². The Bertz CT molecular complexity index is 516. The molecule has 1 aromatic rings. The molecule has 114 valence electrons. The van der Waals surface area contributed by atoms with Crippen LogP contribution in [0.5, 0.6) is 0 Å². The highest BCUT2D eigenvalue weighted by Crippen LogP contribution is 2.37. The van der Waals surface area contributed by atoms with Crippen LogP contribution in [0.1, 0.15) is 51.3 Å². The lowest BCUT2D eigenvalue weighted by Gasteiger charge is -2.33. The minimum atomic E-state index is -0.240. The van der Waals surface area contributed by atoms with Gasteiger partial charge in [-0.1, -0.05) is 32.4 Å². The minimum absolute atomic E-state index is 0.117. The summed E-state index contributed by atoms with van der Waals surface area (Å²) in [5.41, 5.74) is 0.972. The molecule has 0 aromatic heterocycles. The van der Waals surface area contributed by atoms with E-state index < -0.39 is 0 Å². The SMILES string of the molecule is CCC1NC(c2ccc(F)cc2)N(C2CCCC2C)C1=O. The van der Waals surface area contributed by atoms with Crippen LogP contribution in [0.3, 0.4) is 0 Å². The molecular formula is C17H23FN2O. The first-order valence-electron chi connectivity index (χ1n) is 7.95. The van der Waals surface area contributed by atoms with Crippen LogP contribution in [-0.4, -0.2) is 22.9 Å². The quantitative estimate of drug-likeness (QED) is 0.927. The average molecular weight is 290 g/mol. The smallest absolute Gasteiger partial charge is 0.241 e. The molecule has 1 aliphatic carbocycles. The number of rotatable bonds is 3. The molecule has 4 heteroatoms. The number of carbonyl (C=O) groups is 1. The van der Waals surface area contributed by atoms with Crippen molar-refractivity contribution in [2.75, 3.05) is 0 Å². The number of carbonyl (C=O) groups excluding carboxylic acids is 1. The molecule has 1 aromatic carbocycles. The third kappa shape index (κ3) is 2.57. The lowest BCUT2D eigenvalue weighted by atomic mass is 10.0. The van der Waals surface area contributed by atoms with Crippen molar-refractivity contribution in [3.63, 3.8) is 0 Å². The van der Waals surface area contributed by atoms with E-state index in [1.165, 1.54) is 25.0 Å². The second-order valence-electron chi connectivity index (χ2n) is 6.30. The Kier molecular flexibility index (Phi) is 3.98. The van der Waals surface area contributed by atoms with Crippen LogP contribution in [0.15, 0.2) is 24.3 Å². The average Bonchev–Trinajstić information content (AvgIpc) is 3.03. The van der Waals surface area contributed by atoms with Gasteiger partial charge in [-0.15, -0.1) is 0 Å². The molecule has 2 fully saturated rings. The summed E-state index contributed by atoms with van der Waals surface area (Å²) in [5.74, 6) is 0.496. The highest BCUT2D eigenvalue weighted by molar-refractivity contribution is 5.85. The molecule has 1 saturated carbocycles. The number of benzene rings is 1. The van der Waals surface area contributed by atoms with Crippen molar-refractivity contribution in [3.05, 3.63) is 35.6 Å². The second kappa shape index (κ2) is 5.76. The van der Waals surface area contributed by atoms with E-state index >= 15 is 0 Å². The van der Waals surface area contributed by atoms with Gasteiger partial charge in [-0.3, -0.25) is 10.1 Å². The molecule has 2 aliphatic rings. The zero-order valence-electron chi connectivity index (χ0n) is 12.7. The lowest BCUT2D eigenvalue weighted by molar-refractivity contribution is -0.133. The van der Waals surface area contributed by atoms with Gasteiger partial charge in [0.2, 0.25) is 5.91 Å². The van der Waals surface area contributed by atoms with Gasteiger partial charge in [-0.2, -0.15) is 0 Å². The molecule has 3 nitrogen and oxygen atoms in total. The topological polar surface area (TPSA) is 32.3 Å². The van der Waals surface area contributed by atoms with E-state index in [1.807, 2.05) is 11.8 Å². The number of hydrogen-bond acceptors (Lipinski definition) is 2. The fraction of sp³-hybridized carbons (Fsp3) is 0.588. The van der Waals surface area contributed by atoms with Gasteiger partial charge in [0.1, 0.15) is 12.0 Å². The van der Waals surface area contributed by atoms with Gasteiger partial charge in [-0.05, 0) is 42.9 Å². The van der Waals surface area contributed by atoms with E-state index in [2.05, 4.69) is 12.2 Å². The summed E-state index contributed by atoms with van der Waals surface area (Å²) in [6.45, 7) is 4.25. The Hall–Kier alpha value is -1.42. The van der Waals surface area contributed by atoms with E-state index in [4.69, 9.17) is 0 Å². The molecule has 1 saturated heterocycles. The monoisotopic (exact) mass is 290 g/mol. The standard InChI is InChI=1S/C17H23FN2O/c1-3-14-17(21)20(15-6-4-5-11(15)2)16(19-14)12-7-9-13(18)10-8-12/h7-11,14-16,19H,3-6H2,1-2H3. The van der Waals surface area contributed by atoms with Crippen LogP contribution in [0.2, 0.25) is 0 Å². The van der Waals surface area contributed by atoms with Crippen LogP contribution in [0.25, 0.3) is 0 Å². The predicted octanol–water partition coefficient (Wildman–Crippen LogP) is 3.22. The van der Waals surface area contributed by atoms with Crippen LogP contribution in [0.4, 0.5) is 4.39 Å². The Balaban J connectivity index is 1.92. The Morgan fingerprint density at radius 2 is 2.00 bits per heavy atom. The third-order valence-electron chi connectivity index (χ3n) is 4.96. The van der Waals surface area contributed by atoms with Gasteiger partial charge in [0, 0.05) is 6.04 Å². The molecule has 21 heavy (non-hydrogen) atoms. The maximum absolute atomic E-state index is 13.2. The molecule has 4 unspecified atom stereocenters. The summed E-state index contributed by atoms with van der Waals surface area (Å²) in [6, 6.07) is 6.69. The number of nitrogens with one attached hydrogen (secondary N) is 1. The van der Waals surface area contributed by atoms with E-state index in [9.17, 15) is 9.18 Å². The zero-order valence-corrected chi connectivity index (χ0v) is 12.7. The van der Waals surface area contributed by atoms with Gasteiger partial charge in [0.25, 0.3) is 0 Å². The number of halogens is 1. The fourth-order valence-corrected chi connectivity index (χ4v) is 3.74. The van der Waals surface area contributed by atoms with Crippen LogP contribution in [-0.2, 0) is 4.79 Å². The van der Waals surface area contributed by atoms with Crippen molar-refractivity contribution in [3.8, 4) is 0 Å². The van der Waals surface area contributed by atoms with Crippen LogP contribution < -0.4 is 5.32 Å². The van der Waals surface area contributed by atoms with Gasteiger partial charge in [0.05, 0.1) is 6.04 Å². The first-order chi connectivity index (χ1) is 10.1. The predicted molar refractivity (Wildman–Crippen MR) is 80.0 cm³/mol. The molecule has 4 atom stereocenters. The summed E-state index contributed by atoms with van der Waals surface area (Å²) >= 11 is 0. The normalized spacial score (nSPS) is 32.9. The molecule has 1 heterocycles. The van der Waals surface area contributed by atoms with E-state index in [0.717, 1.165) is 18.4 Å². The first-order valence-corrected chi connectivity index (χ1v) is 7.95. The maximum atomic E-state index is 13.2. The van der Waals surface area contributed by atoms with Gasteiger partial charge >= 0.3 is 0 Å². The van der Waals surface area contributed by atoms with E-state index in [0.29, 0.717) is 12.0 Å². The second-order valence-corrected chi connectivity index (χ2v) is 6.30. The number of amides is 1. The number of hydrogen-bond donors (Lipinski definition) is 1. The molecule has 3 rings (SSSR count). The van der Waals surface area contributed by atoms with Crippen LogP contribution >= 0.6 is 0 Å². The molecule has 0 spiro atoms. The fourth-order valence-electron chi connectivity index (χ4n) is 3.74. The largest absolute Gasteiger partial charge is 0.318 e. The Morgan fingerprint density at radius 3 is 2.57 bits per heavy atom. The van der Waals surface area contributed by atoms with E-state index in [-0.39, 0.29) is 23.9 Å². The summed E-state index contributed by atoms with van der Waals surface area (Å²) in [6.07, 6.45) is 4.11. The molecule has 1 aliphatic heterocycles. The van der Waals surface area contributed by atoms with Gasteiger partial charge in [-0.25, -0.2) is 4.39 Å². The number of nitrogens with zero attached hydrogens (tertiary/aromatic N) is 1. The van der Waals surface area contributed by atoms with Crippen molar-refractivity contribution in [1.29, 1.82) is 0 Å². The molecule has 1 amide bonds. The van der Waals surface area contributed by atoms with Crippen molar-refractivity contribution < 1.29 is 9.18 Å². The summed E-state index contributed by atoms with van der Waals surface area (Å²) in [5, 5.41) is 3.43. The highest BCUT2D eigenvalue weighted by atomic mass is 19.1. The third-order valence-corrected chi connectivity index (χ3v) is 4.96. The Morgan fingerprint density at radius 1 is 1.29 bits per heavy atom. The summed E-state index contributed by atoms with van der Waals surface area (Å²) in [7, 11) is 0. The molecular weight excluding hydrogens is 267 g/mol. The van der Waals surface area contributed by atoms with Gasteiger partial charge in [0.15, 0.2) is 0 Å². The highest BCUT2D eigenvalue weighted by Gasteiger charge is 2.44. The Labute approximate surface area is 125 Å². The molecule has 0 radical (unpaired) electrons. The van der Waals surface area contributed by atoms with Gasteiger partial charge < -0.3 is 4.90 Å². The first kappa shape index (κ1) is 14.5. The summed E-state index contributed by atoms with van der Waals surface area (Å²) in [4.78, 5) is 14.7. The molecule has 0 bridgehead atoms. The minimum Gasteiger partial charge on any atom is -0.318 e. The van der Waals surface area contributed by atoms with Crippen molar-refractivity contribution in [2.45, 2.75) is 57.8 Å². The van der Waals surface area contributed by atoms with Crippen molar-refractivity contribution in [2.24, 2.45) is 5.92 Å². The van der Waals surface area contributed by atoms with Crippen LogP contribution in [0, 0.1) is 11.7 Å².